The molecule has 1 heterocycles. The van der Waals surface area contributed by atoms with Gasteiger partial charge in [0.15, 0.2) is 5.96 Å². The highest BCUT2D eigenvalue weighted by molar-refractivity contribution is 5.80. The Morgan fingerprint density at radius 1 is 0.727 bits per heavy atom. The van der Waals surface area contributed by atoms with E-state index in [1.165, 1.54) is 12.1 Å². The van der Waals surface area contributed by atoms with Crippen LogP contribution in [0.2, 0.25) is 0 Å². The highest BCUT2D eigenvalue weighted by atomic mass is 19.4. The summed E-state index contributed by atoms with van der Waals surface area (Å²) in [7, 11) is 0. The van der Waals surface area contributed by atoms with Gasteiger partial charge in [-0.3, -0.25) is 11.5 Å². The predicted octanol–water partition coefficient (Wildman–Crippen LogP) is 2.54. The summed E-state index contributed by atoms with van der Waals surface area (Å²) in [6.45, 7) is 0. The number of hydrogen-bond acceptors (Lipinski definition) is 2. The van der Waals surface area contributed by atoms with E-state index in [1.54, 1.807) is 0 Å². The van der Waals surface area contributed by atoms with Crippen LogP contribution in [-0.2, 0) is 12.4 Å². The summed E-state index contributed by atoms with van der Waals surface area (Å²) in [5, 5.41) is 0. The fourth-order valence-electron chi connectivity index (χ4n) is 3.07. The fraction of sp³-hybridized carbons (Fsp3) is 0.100. The van der Waals surface area contributed by atoms with Gasteiger partial charge in [-0.2, -0.15) is 26.3 Å². The Morgan fingerprint density at radius 2 is 1.24 bits per heavy atom. The van der Waals surface area contributed by atoms with Gasteiger partial charge >= 0.3 is 18.3 Å². The molecule has 9 N–H and O–H groups in total. The Labute approximate surface area is 182 Å². The van der Waals surface area contributed by atoms with Crippen molar-refractivity contribution in [2.75, 3.05) is 0 Å². The number of guanidine groups is 2. The Bertz CT molecular complexity index is 1140. The maximum absolute atomic E-state index is 13.6. The topological polar surface area (TPSA) is 144 Å². The first-order valence-electron chi connectivity index (χ1n) is 9.03. The van der Waals surface area contributed by atoms with Crippen LogP contribution in [0.25, 0.3) is 22.6 Å². The summed E-state index contributed by atoms with van der Waals surface area (Å²) in [6.07, 6.45) is -9.62. The second-order valence-electron chi connectivity index (χ2n) is 6.77. The summed E-state index contributed by atoms with van der Waals surface area (Å²) in [5.74, 6) is -1.36. The lowest BCUT2D eigenvalue weighted by atomic mass is 10.0. The van der Waals surface area contributed by atoms with Crippen molar-refractivity contribution in [1.82, 2.24) is 0 Å². The molecule has 3 rings (SSSR count). The molecule has 174 valence electrons. The third-order valence-electron chi connectivity index (χ3n) is 4.32. The van der Waals surface area contributed by atoms with Gasteiger partial charge in [0.2, 0.25) is 0 Å². The SMILES string of the molecule is NC(N)=Nc1ccc(-c2ccc(-c3ccc([NH+]=C(N)N)cc3C(F)(F)F)o2)c(C(F)(F)F)c1. The molecule has 7 nitrogen and oxygen atoms in total. The van der Waals surface area contributed by atoms with E-state index in [2.05, 4.69) is 9.98 Å². The van der Waals surface area contributed by atoms with Gasteiger partial charge in [0.05, 0.1) is 22.5 Å². The molecule has 13 heteroatoms. The van der Waals surface area contributed by atoms with Gasteiger partial charge in [-0.25, -0.2) is 9.98 Å². The zero-order valence-corrected chi connectivity index (χ0v) is 16.6. The van der Waals surface area contributed by atoms with Crippen LogP contribution in [0.4, 0.5) is 37.7 Å². The van der Waals surface area contributed by atoms with Crippen molar-refractivity contribution in [3.63, 3.8) is 0 Å². The molecule has 0 unspecified atom stereocenters. The minimum atomic E-state index is -4.82. The van der Waals surface area contributed by atoms with Crippen molar-refractivity contribution in [2.24, 2.45) is 27.9 Å². The van der Waals surface area contributed by atoms with Crippen LogP contribution >= 0.6 is 0 Å². The summed E-state index contributed by atoms with van der Waals surface area (Å²) >= 11 is 0. The van der Waals surface area contributed by atoms with E-state index >= 15 is 0 Å². The second kappa shape index (κ2) is 8.41. The van der Waals surface area contributed by atoms with Crippen LogP contribution < -0.4 is 27.9 Å². The number of benzene rings is 2. The van der Waals surface area contributed by atoms with Gasteiger partial charge in [-0.05, 0) is 48.5 Å². The lowest BCUT2D eigenvalue weighted by molar-refractivity contribution is -0.356. The van der Waals surface area contributed by atoms with Crippen molar-refractivity contribution in [3.05, 3.63) is 59.7 Å². The van der Waals surface area contributed by atoms with E-state index in [0.29, 0.717) is 6.07 Å². The highest BCUT2D eigenvalue weighted by Crippen LogP contribution is 2.43. The Hall–Kier alpha value is -4.16. The maximum atomic E-state index is 13.6. The monoisotopic (exact) mass is 471 g/mol. The van der Waals surface area contributed by atoms with Crippen LogP contribution in [0.3, 0.4) is 0 Å². The Balaban J connectivity index is 2.13. The molecule has 0 saturated carbocycles. The molecule has 0 bridgehead atoms. The van der Waals surface area contributed by atoms with Crippen LogP contribution in [0.1, 0.15) is 11.1 Å². The van der Waals surface area contributed by atoms with Crippen molar-refractivity contribution in [1.29, 1.82) is 0 Å². The quantitative estimate of drug-likeness (QED) is 0.226. The molecule has 3 aromatic rings. The summed E-state index contributed by atoms with van der Waals surface area (Å²) in [4.78, 5) is 5.94. The van der Waals surface area contributed by atoms with Gasteiger partial charge in [-0.15, -0.1) is 0 Å². The van der Waals surface area contributed by atoms with Crippen LogP contribution in [0.5, 0.6) is 0 Å². The average Bonchev–Trinajstić information content (AvgIpc) is 3.15. The normalized spacial score (nSPS) is 11.8. The van der Waals surface area contributed by atoms with Crippen LogP contribution in [-0.4, -0.2) is 11.9 Å². The molecule has 0 fully saturated rings. The van der Waals surface area contributed by atoms with E-state index in [1.807, 2.05) is 0 Å². The second-order valence-corrected chi connectivity index (χ2v) is 6.77. The molecule has 0 amide bonds. The largest absolute Gasteiger partial charge is 0.456 e. The number of hydrogen-bond donors (Lipinski definition) is 5. The zero-order chi connectivity index (χ0) is 24.6. The van der Waals surface area contributed by atoms with Crippen molar-refractivity contribution >= 4 is 23.3 Å². The lowest BCUT2D eigenvalue weighted by Crippen LogP contribution is -2.72. The van der Waals surface area contributed by atoms with Gasteiger partial charge < -0.3 is 15.9 Å². The zero-order valence-electron chi connectivity index (χ0n) is 16.6. The van der Waals surface area contributed by atoms with E-state index in [0.717, 1.165) is 30.3 Å². The lowest BCUT2D eigenvalue weighted by Gasteiger charge is -2.13. The van der Waals surface area contributed by atoms with E-state index in [9.17, 15) is 26.3 Å². The summed E-state index contributed by atoms with van der Waals surface area (Å²) < 4.78 is 87.2. The number of alkyl halides is 6. The van der Waals surface area contributed by atoms with Crippen molar-refractivity contribution in [3.8, 4) is 22.6 Å². The number of rotatable bonds is 4. The molecule has 2 aromatic carbocycles. The molecule has 33 heavy (non-hydrogen) atoms. The standard InChI is InChI=1S/C20H16F6N6O/c21-19(22,23)13-7-9(31-17(27)28)1-3-11(13)15-5-6-16(33-15)12-4-2-10(32-18(29)30)8-14(12)20(24,25)26/h1-8H,(H4,27,28,31)(H4,29,30,32)/p+1. The van der Waals surface area contributed by atoms with Crippen LogP contribution in [0.15, 0.2) is 57.9 Å². The molecule has 0 atom stereocenters. The number of nitrogens with zero attached hydrogens (tertiary/aromatic N) is 1. The van der Waals surface area contributed by atoms with E-state index in [4.69, 9.17) is 27.4 Å². The molecule has 0 radical (unpaired) electrons. The minimum Gasteiger partial charge on any atom is -0.456 e. The summed E-state index contributed by atoms with van der Waals surface area (Å²) in [6, 6.07) is 8.35. The molecule has 0 aliphatic rings. The third-order valence-corrected chi connectivity index (χ3v) is 4.32. The van der Waals surface area contributed by atoms with Gasteiger partial charge in [-0.1, -0.05) is 0 Å². The first-order chi connectivity index (χ1) is 15.3. The number of halogens is 6. The number of nitrogens with one attached hydrogen (secondary N) is 1. The summed E-state index contributed by atoms with van der Waals surface area (Å²) in [5.41, 5.74) is 17.7. The number of aliphatic imine (C=N–C) groups is 1. The first kappa shape index (κ1) is 23.5. The Kier molecular flexibility index (Phi) is 5.99. The van der Waals surface area contributed by atoms with Gasteiger partial charge in [0.25, 0.3) is 0 Å². The third kappa shape index (κ3) is 5.37. The molecule has 0 saturated heterocycles. The molecule has 0 spiro atoms. The smallest absolute Gasteiger partial charge is 0.417 e. The van der Waals surface area contributed by atoms with E-state index in [-0.39, 0.29) is 34.4 Å². The fourth-order valence-corrected chi connectivity index (χ4v) is 3.07. The van der Waals surface area contributed by atoms with Crippen molar-refractivity contribution in [2.45, 2.75) is 12.4 Å². The molecular formula is C20H17F6N6O+. The van der Waals surface area contributed by atoms with Crippen LogP contribution in [0, 0.1) is 0 Å². The first-order valence-corrected chi connectivity index (χ1v) is 9.03. The molecule has 0 aliphatic carbocycles. The number of furan rings is 1. The van der Waals surface area contributed by atoms with E-state index < -0.39 is 35.0 Å². The Morgan fingerprint density at radius 3 is 1.73 bits per heavy atom. The van der Waals surface area contributed by atoms with Gasteiger partial charge in [0, 0.05) is 11.1 Å². The highest BCUT2D eigenvalue weighted by Gasteiger charge is 2.37. The maximum Gasteiger partial charge on any atom is 0.417 e. The predicted molar refractivity (Wildman–Crippen MR) is 109 cm³/mol. The average molecular weight is 471 g/mol. The van der Waals surface area contributed by atoms with Crippen molar-refractivity contribution < 1.29 is 35.8 Å². The number of nitrogens with two attached hydrogens (primary N) is 4. The minimum absolute atomic E-state index is 0.0347. The molecule has 1 aromatic heterocycles. The molecule has 0 aliphatic heterocycles. The van der Waals surface area contributed by atoms with Gasteiger partial charge in [0.1, 0.15) is 11.5 Å². The molecular weight excluding hydrogens is 454 g/mol.